The van der Waals surface area contributed by atoms with Gasteiger partial charge in [-0.3, -0.25) is 9.59 Å². The van der Waals surface area contributed by atoms with E-state index in [-0.39, 0.29) is 18.4 Å². The van der Waals surface area contributed by atoms with Gasteiger partial charge in [-0.25, -0.2) is 4.98 Å². The van der Waals surface area contributed by atoms with Crippen LogP contribution in [0.3, 0.4) is 0 Å². The third-order valence-corrected chi connectivity index (χ3v) is 6.32. The van der Waals surface area contributed by atoms with E-state index in [9.17, 15) is 9.59 Å². The number of hydrogen-bond acceptors (Lipinski definition) is 6. The van der Waals surface area contributed by atoms with E-state index >= 15 is 0 Å². The first-order valence-electron chi connectivity index (χ1n) is 10.2. The van der Waals surface area contributed by atoms with Crippen molar-refractivity contribution in [2.45, 2.75) is 6.10 Å². The number of rotatable bonds is 3. The normalized spacial score (nSPS) is 18.8. The third-order valence-electron chi connectivity index (χ3n) is 5.32. The van der Waals surface area contributed by atoms with Gasteiger partial charge in [-0.1, -0.05) is 24.3 Å². The Morgan fingerprint density at radius 2 is 1.84 bits per heavy atom. The molecule has 7 nitrogen and oxygen atoms in total. The zero-order chi connectivity index (χ0) is 21.2. The van der Waals surface area contributed by atoms with Crippen LogP contribution in [0.4, 0.5) is 5.69 Å². The van der Waals surface area contributed by atoms with Crippen molar-refractivity contribution in [2.24, 2.45) is 0 Å². The fourth-order valence-electron chi connectivity index (χ4n) is 3.75. The molecule has 8 heteroatoms. The molecule has 2 aliphatic rings. The molecule has 0 aliphatic carbocycles. The lowest BCUT2D eigenvalue weighted by atomic mass is 10.1. The predicted octanol–water partition coefficient (Wildman–Crippen LogP) is 2.96. The highest BCUT2D eigenvalue weighted by atomic mass is 32.1. The number of aromatic nitrogens is 1. The summed E-state index contributed by atoms with van der Waals surface area (Å²) < 4.78 is 12.4. The van der Waals surface area contributed by atoms with Crippen LogP contribution in [-0.4, -0.2) is 60.7 Å². The molecule has 2 aliphatic heterocycles. The average Bonchev–Trinajstić information content (AvgIpc) is 3.25. The quantitative estimate of drug-likeness (QED) is 0.592. The van der Waals surface area contributed by atoms with Crippen LogP contribution in [0.2, 0.25) is 0 Å². The van der Waals surface area contributed by atoms with E-state index in [0.29, 0.717) is 37.7 Å². The number of carbonyl (C=O) groups is 2. The van der Waals surface area contributed by atoms with Crippen molar-refractivity contribution in [3.05, 3.63) is 59.6 Å². The van der Waals surface area contributed by atoms with Gasteiger partial charge in [-0.05, 0) is 30.3 Å². The van der Waals surface area contributed by atoms with Gasteiger partial charge in [0.2, 0.25) is 0 Å². The molecule has 1 atom stereocenters. The van der Waals surface area contributed by atoms with Crippen LogP contribution in [0, 0.1) is 0 Å². The van der Waals surface area contributed by atoms with Gasteiger partial charge in [0.25, 0.3) is 11.8 Å². The van der Waals surface area contributed by atoms with Gasteiger partial charge in [-0.2, -0.15) is 0 Å². The topological polar surface area (TPSA) is 72.0 Å². The molecule has 0 spiro atoms. The lowest BCUT2D eigenvalue weighted by molar-refractivity contribution is -0.142. The van der Waals surface area contributed by atoms with E-state index in [1.54, 1.807) is 21.9 Å². The summed E-state index contributed by atoms with van der Waals surface area (Å²) in [6.07, 6.45) is 2.49. The van der Waals surface area contributed by atoms with Crippen LogP contribution < -0.4 is 9.64 Å². The molecule has 3 aromatic rings. The predicted molar refractivity (Wildman–Crippen MR) is 119 cm³/mol. The number of nitrogens with zero attached hydrogens (tertiary/aromatic N) is 3. The molecule has 0 radical (unpaired) electrons. The molecule has 1 unspecified atom stereocenters. The molecule has 158 valence electrons. The fourth-order valence-corrected chi connectivity index (χ4v) is 4.62. The molecular weight excluding hydrogens is 414 g/mol. The van der Waals surface area contributed by atoms with Crippen molar-refractivity contribution in [1.82, 2.24) is 9.88 Å². The van der Waals surface area contributed by atoms with Crippen molar-refractivity contribution >= 4 is 45.1 Å². The lowest BCUT2D eigenvalue weighted by Crippen LogP contribution is -2.53. The Bertz CT molecular complexity index is 1120. The van der Waals surface area contributed by atoms with E-state index < -0.39 is 6.10 Å². The maximum absolute atomic E-state index is 13.1. The summed E-state index contributed by atoms with van der Waals surface area (Å²) in [6, 6.07) is 15.2. The molecule has 1 aromatic heterocycles. The molecule has 0 bridgehead atoms. The summed E-state index contributed by atoms with van der Waals surface area (Å²) in [5, 5.41) is 0.761. The van der Waals surface area contributed by atoms with Gasteiger partial charge in [0.1, 0.15) is 10.8 Å². The molecule has 5 rings (SSSR count). The van der Waals surface area contributed by atoms with Crippen LogP contribution in [-0.2, 0) is 14.3 Å². The zero-order valence-corrected chi connectivity index (χ0v) is 17.6. The highest BCUT2D eigenvalue weighted by Gasteiger charge is 2.35. The first-order valence-corrected chi connectivity index (χ1v) is 11.0. The van der Waals surface area contributed by atoms with Crippen molar-refractivity contribution in [3.8, 4) is 5.75 Å². The number of ether oxygens (including phenoxy) is 2. The number of fused-ring (bicyclic) bond motifs is 2. The number of morpholine rings is 1. The van der Waals surface area contributed by atoms with Crippen molar-refractivity contribution < 1.29 is 19.1 Å². The Hall–Kier alpha value is -3.23. The standard InChI is InChI=1S/C23H21N3O4S/c27-22(10-9-21-24-16-5-1-4-8-20(16)31-21)26-15-19(23(28)25-11-13-29-14-12-25)30-18-7-3-2-6-17(18)26/h1-10,19H,11-15H2. The Morgan fingerprint density at radius 1 is 1.06 bits per heavy atom. The van der Waals surface area contributed by atoms with E-state index in [4.69, 9.17) is 9.47 Å². The fraction of sp³-hybridized carbons (Fsp3) is 0.261. The van der Waals surface area contributed by atoms with Crippen LogP contribution in [0.1, 0.15) is 5.01 Å². The SMILES string of the molecule is O=C(C1CN(C(=O)C=Cc2nc3ccccc3s2)c2ccccc2O1)N1CCOCC1. The van der Waals surface area contributed by atoms with Crippen LogP contribution >= 0.6 is 11.3 Å². The van der Waals surface area contributed by atoms with Crippen LogP contribution in [0.15, 0.2) is 54.6 Å². The van der Waals surface area contributed by atoms with Gasteiger partial charge in [-0.15, -0.1) is 11.3 Å². The molecular formula is C23H21N3O4S. The summed E-state index contributed by atoms with van der Waals surface area (Å²) in [7, 11) is 0. The first kappa shape index (κ1) is 19.7. The molecule has 3 heterocycles. The van der Waals surface area contributed by atoms with Crippen molar-refractivity contribution in [3.63, 3.8) is 0 Å². The Morgan fingerprint density at radius 3 is 2.68 bits per heavy atom. The second kappa shape index (κ2) is 8.49. The number of thiazole rings is 1. The highest BCUT2D eigenvalue weighted by molar-refractivity contribution is 7.19. The number of carbonyl (C=O) groups excluding carboxylic acids is 2. The number of benzene rings is 2. The molecule has 2 amide bonds. The van der Waals surface area contributed by atoms with E-state index in [2.05, 4.69) is 4.98 Å². The van der Waals surface area contributed by atoms with Gasteiger partial charge >= 0.3 is 0 Å². The number of anilines is 1. The van der Waals surface area contributed by atoms with E-state index in [1.807, 2.05) is 42.5 Å². The lowest BCUT2D eigenvalue weighted by Gasteiger charge is -2.37. The van der Waals surface area contributed by atoms with E-state index in [1.165, 1.54) is 17.4 Å². The zero-order valence-electron chi connectivity index (χ0n) is 16.8. The smallest absolute Gasteiger partial charge is 0.265 e. The monoisotopic (exact) mass is 435 g/mol. The molecule has 1 fully saturated rings. The molecule has 2 aromatic carbocycles. The summed E-state index contributed by atoms with van der Waals surface area (Å²) in [5.41, 5.74) is 1.57. The Balaban J connectivity index is 1.38. The minimum absolute atomic E-state index is 0.120. The molecule has 0 N–H and O–H groups in total. The average molecular weight is 436 g/mol. The summed E-state index contributed by atoms with van der Waals surface area (Å²) >= 11 is 1.53. The van der Waals surface area contributed by atoms with Crippen LogP contribution in [0.5, 0.6) is 5.75 Å². The largest absolute Gasteiger partial charge is 0.476 e. The van der Waals surface area contributed by atoms with Crippen LogP contribution in [0.25, 0.3) is 16.3 Å². The van der Waals surface area contributed by atoms with Gasteiger partial charge < -0.3 is 19.3 Å². The summed E-state index contributed by atoms with van der Waals surface area (Å²) in [5.74, 6) is 0.197. The van der Waals surface area contributed by atoms with Crippen molar-refractivity contribution in [2.75, 3.05) is 37.7 Å². The second-order valence-corrected chi connectivity index (χ2v) is 8.38. The number of amides is 2. The Labute approximate surface area is 183 Å². The Kier molecular flexibility index (Phi) is 5.40. The maximum Gasteiger partial charge on any atom is 0.265 e. The summed E-state index contributed by atoms with van der Waals surface area (Å²) in [6.45, 7) is 2.26. The first-order chi connectivity index (χ1) is 15.2. The number of hydrogen-bond donors (Lipinski definition) is 0. The van der Waals surface area contributed by atoms with Gasteiger partial charge in [0.05, 0.1) is 35.7 Å². The van der Waals surface area contributed by atoms with Gasteiger partial charge in [0, 0.05) is 19.2 Å². The molecule has 31 heavy (non-hydrogen) atoms. The molecule has 1 saturated heterocycles. The third kappa shape index (κ3) is 4.04. The van der Waals surface area contributed by atoms with E-state index in [0.717, 1.165) is 15.2 Å². The van der Waals surface area contributed by atoms with Gasteiger partial charge in [0.15, 0.2) is 6.10 Å². The summed E-state index contributed by atoms with van der Waals surface area (Å²) in [4.78, 5) is 34.0. The number of para-hydroxylation sites is 3. The minimum atomic E-state index is -0.743. The minimum Gasteiger partial charge on any atom is -0.476 e. The maximum atomic E-state index is 13.1. The van der Waals surface area contributed by atoms with Crippen molar-refractivity contribution in [1.29, 1.82) is 0 Å². The molecule has 0 saturated carbocycles. The highest BCUT2D eigenvalue weighted by Crippen LogP contribution is 2.34. The second-order valence-electron chi connectivity index (χ2n) is 7.31.